The Morgan fingerprint density at radius 2 is 1.22 bits per heavy atom. The maximum Gasteiger partial charge on any atom is 0.335 e. The molecule has 0 aromatic heterocycles. The molecule has 1 fully saturated rings. The standard InChI is InChI=1S/C18H24N3OP/c1-3-19(4-2)23(22)20(17-11-7-5-8-12-17)15-16-21(23)18-13-9-6-10-14-18/h5-14H,3-4,15-16H2,1-2H3. The van der Waals surface area contributed by atoms with Gasteiger partial charge in [0.15, 0.2) is 0 Å². The second-order valence-electron chi connectivity index (χ2n) is 5.57. The van der Waals surface area contributed by atoms with Crippen LogP contribution in [-0.2, 0) is 4.57 Å². The number of hydrogen-bond donors (Lipinski definition) is 0. The van der Waals surface area contributed by atoms with Crippen molar-refractivity contribution in [2.75, 3.05) is 35.5 Å². The summed E-state index contributed by atoms with van der Waals surface area (Å²) >= 11 is 0. The van der Waals surface area contributed by atoms with Crippen molar-refractivity contribution in [2.45, 2.75) is 13.8 Å². The Kier molecular flexibility index (Phi) is 4.74. The van der Waals surface area contributed by atoms with Crippen molar-refractivity contribution in [3.05, 3.63) is 60.7 Å². The first kappa shape index (κ1) is 16.1. The lowest BCUT2D eigenvalue weighted by Crippen LogP contribution is -2.33. The molecule has 1 aliphatic heterocycles. The average molecular weight is 329 g/mol. The van der Waals surface area contributed by atoms with Gasteiger partial charge in [-0.15, -0.1) is 0 Å². The Labute approximate surface area is 138 Å². The summed E-state index contributed by atoms with van der Waals surface area (Å²) in [6.45, 7) is 7.22. The zero-order valence-corrected chi connectivity index (χ0v) is 14.7. The first-order valence-corrected chi connectivity index (χ1v) is 9.80. The SMILES string of the molecule is CCN(CC)P1(=O)N(c2ccccc2)CCN1c1ccccc1. The van der Waals surface area contributed by atoms with Crippen LogP contribution in [0.3, 0.4) is 0 Å². The monoisotopic (exact) mass is 329 g/mol. The maximum absolute atomic E-state index is 14.2. The first-order valence-electron chi connectivity index (χ1n) is 8.23. The van der Waals surface area contributed by atoms with Crippen molar-refractivity contribution in [3.8, 4) is 0 Å². The van der Waals surface area contributed by atoms with Crippen LogP contribution >= 0.6 is 7.59 Å². The zero-order valence-electron chi connectivity index (χ0n) is 13.8. The molecule has 5 heteroatoms. The van der Waals surface area contributed by atoms with Gasteiger partial charge in [0.1, 0.15) is 0 Å². The van der Waals surface area contributed by atoms with Crippen LogP contribution in [0.4, 0.5) is 11.4 Å². The minimum absolute atomic E-state index is 0.764. The average Bonchev–Trinajstić information content (AvgIpc) is 2.95. The molecule has 0 N–H and O–H groups in total. The predicted molar refractivity (Wildman–Crippen MR) is 98.1 cm³/mol. The third-order valence-electron chi connectivity index (χ3n) is 4.36. The zero-order chi connectivity index (χ0) is 16.3. The summed E-state index contributed by atoms with van der Waals surface area (Å²) in [5.74, 6) is 0. The minimum atomic E-state index is -2.84. The van der Waals surface area contributed by atoms with Crippen molar-refractivity contribution in [3.63, 3.8) is 0 Å². The van der Waals surface area contributed by atoms with E-state index in [0.29, 0.717) is 0 Å². The van der Waals surface area contributed by atoms with E-state index in [0.717, 1.165) is 37.6 Å². The second kappa shape index (κ2) is 6.77. The van der Waals surface area contributed by atoms with Crippen LogP contribution in [0.15, 0.2) is 60.7 Å². The lowest BCUT2D eigenvalue weighted by atomic mass is 10.3. The molecule has 0 saturated carbocycles. The summed E-state index contributed by atoms with van der Waals surface area (Å²) in [7, 11) is -2.84. The van der Waals surface area contributed by atoms with Gasteiger partial charge in [0, 0.05) is 37.6 Å². The molecular weight excluding hydrogens is 305 g/mol. The number of hydrogen-bond acceptors (Lipinski definition) is 1. The van der Waals surface area contributed by atoms with Crippen LogP contribution < -0.4 is 9.34 Å². The molecule has 1 heterocycles. The van der Waals surface area contributed by atoms with E-state index < -0.39 is 7.59 Å². The molecule has 2 aromatic carbocycles. The lowest BCUT2D eigenvalue weighted by Gasteiger charge is -2.39. The summed E-state index contributed by atoms with van der Waals surface area (Å²) in [6.07, 6.45) is 0. The quantitative estimate of drug-likeness (QED) is 0.757. The number of rotatable bonds is 5. The Balaban J connectivity index is 2.07. The van der Waals surface area contributed by atoms with E-state index in [1.165, 1.54) is 0 Å². The fourth-order valence-electron chi connectivity index (χ4n) is 3.24. The highest BCUT2D eigenvalue weighted by molar-refractivity contribution is 7.65. The number of nitrogens with zero attached hydrogens (tertiary/aromatic N) is 3. The summed E-state index contributed by atoms with van der Waals surface area (Å²) in [4.78, 5) is 0. The molecule has 0 radical (unpaired) electrons. The molecule has 0 unspecified atom stereocenters. The molecule has 1 saturated heterocycles. The van der Waals surface area contributed by atoms with Crippen molar-refractivity contribution in [1.29, 1.82) is 0 Å². The molecule has 1 aliphatic rings. The van der Waals surface area contributed by atoms with Crippen LogP contribution in [0, 0.1) is 0 Å². The molecule has 4 nitrogen and oxygen atoms in total. The summed E-state index contributed by atoms with van der Waals surface area (Å²) < 4.78 is 20.5. The molecule has 0 spiro atoms. The largest absolute Gasteiger partial charge is 0.335 e. The van der Waals surface area contributed by atoms with Gasteiger partial charge in [-0.2, -0.15) is 0 Å². The van der Waals surface area contributed by atoms with E-state index in [-0.39, 0.29) is 0 Å². The molecule has 2 aromatic rings. The van der Waals surface area contributed by atoms with Crippen molar-refractivity contribution in [1.82, 2.24) is 4.67 Å². The number of para-hydroxylation sites is 2. The van der Waals surface area contributed by atoms with Crippen molar-refractivity contribution >= 4 is 19.0 Å². The fraction of sp³-hybridized carbons (Fsp3) is 0.333. The van der Waals surface area contributed by atoms with E-state index in [1.807, 2.05) is 60.7 Å². The normalized spacial score (nSPS) is 17.0. The summed E-state index contributed by atoms with van der Waals surface area (Å²) in [6, 6.07) is 20.2. The third kappa shape index (κ3) is 2.77. The Hall–Kier alpha value is -1.77. The fourth-order valence-corrected chi connectivity index (χ4v) is 6.41. The third-order valence-corrected chi connectivity index (χ3v) is 7.78. The molecular formula is C18H24N3OP. The smallest absolute Gasteiger partial charge is 0.293 e. The Morgan fingerprint density at radius 3 is 1.57 bits per heavy atom. The van der Waals surface area contributed by atoms with Gasteiger partial charge < -0.3 is 0 Å². The van der Waals surface area contributed by atoms with E-state index in [1.54, 1.807) is 0 Å². The van der Waals surface area contributed by atoms with Gasteiger partial charge in [-0.1, -0.05) is 50.2 Å². The van der Waals surface area contributed by atoms with Crippen molar-refractivity contribution in [2.24, 2.45) is 0 Å². The molecule has 0 aliphatic carbocycles. The summed E-state index contributed by atoms with van der Waals surface area (Å²) in [5, 5.41) is 0. The Bertz CT molecular complexity index is 622. The number of benzene rings is 2. The predicted octanol–water partition coefficient (Wildman–Crippen LogP) is 4.46. The first-order chi connectivity index (χ1) is 11.2. The van der Waals surface area contributed by atoms with Gasteiger partial charge in [-0.3, -0.25) is 13.9 Å². The van der Waals surface area contributed by atoms with E-state index in [2.05, 4.69) is 27.9 Å². The molecule has 0 bridgehead atoms. The van der Waals surface area contributed by atoms with E-state index >= 15 is 0 Å². The van der Waals surface area contributed by atoms with Crippen LogP contribution in [0.1, 0.15) is 13.8 Å². The van der Waals surface area contributed by atoms with Crippen LogP contribution in [0.25, 0.3) is 0 Å². The van der Waals surface area contributed by atoms with Gasteiger partial charge in [0.05, 0.1) is 0 Å². The number of anilines is 2. The molecule has 0 atom stereocenters. The molecule has 23 heavy (non-hydrogen) atoms. The molecule has 122 valence electrons. The molecule has 3 rings (SSSR count). The molecule has 0 amide bonds. The van der Waals surface area contributed by atoms with Gasteiger partial charge in [0.2, 0.25) is 0 Å². The minimum Gasteiger partial charge on any atom is -0.293 e. The van der Waals surface area contributed by atoms with E-state index in [9.17, 15) is 4.57 Å². The highest BCUT2D eigenvalue weighted by Gasteiger charge is 2.47. The van der Waals surface area contributed by atoms with E-state index in [4.69, 9.17) is 0 Å². The van der Waals surface area contributed by atoms with Crippen LogP contribution in [0.5, 0.6) is 0 Å². The van der Waals surface area contributed by atoms with Gasteiger partial charge in [0.25, 0.3) is 0 Å². The topological polar surface area (TPSA) is 26.8 Å². The second-order valence-corrected chi connectivity index (χ2v) is 8.13. The lowest BCUT2D eigenvalue weighted by molar-refractivity contribution is 0.442. The highest BCUT2D eigenvalue weighted by Crippen LogP contribution is 2.62. The van der Waals surface area contributed by atoms with Gasteiger partial charge in [-0.05, 0) is 24.3 Å². The van der Waals surface area contributed by atoms with Gasteiger partial charge >= 0.3 is 7.59 Å². The highest BCUT2D eigenvalue weighted by atomic mass is 31.2. The van der Waals surface area contributed by atoms with Crippen LogP contribution in [0.2, 0.25) is 0 Å². The van der Waals surface area contributed by atoms with Crippen molar-refractivity contribution < 1.29 is 4.57 Å². The maximum atomic E-state index is 14.2. The van der Waals surface area contributed by atoms with Crippen LogP contribution in [-0.4, -0.2) is 30.8 Å². The summed E-state index contributed by atoms with van der Waals surface area (Å²) in [5.41, 5.74) is 2.06. The Morgan fingerprint density at radius 1 is 0.826 bits per heavy atom. The van der Waals surface area contributed by atoms with Gasteiger partial charge in [-0.25, -0.2) is 4.67 Å².